The number of aromatic nitrogens is 1. The van der Waals surface area contributed by atoms with Crippen LogP contribution in [-0.4, -0.2) is 46.9 Å². The monoisotopic (exact) mass is 349 g/mol. The van der Waals surface area contributed by atoms with Crippen LogP contribution < -0.4 is 0 Å². The van der Waals surface area contributed by atoms with Crippen LogP contribution in [-0.2, 0) is 12.7 Å². The fourth-order valence-corrected chi connectivity index (χ4v) is 2.96. The highest BCUT2D eigenvalue weighted by Gasteiger charge is 2.33. The number of alkyl halides is 3. The van der Waals surface area contributed by atoms with Crippen molar-refractivity contribution >= 4 is 5.91 Å². The van der Waals surface area contributed by atoms with E-state index in [0.717, 1.165) is 6.07 Å². The molecule has 1 aliphatic heterocycles. The molecule has 1 aromatic carbocycles. The molecule has 0 unspecified atom stereocenters. The first-order valence-electron chi connectivity index (χ1n) is 8.02. The number of pyridine rings is 1. The molecule has 4 nitrogen and oxygen atoms in total. The highest BCUT2D eigenvalue weighted by molar-refractivity contribution is 5.94. The number of nitrogens with zero attached hydrogens (tertiary/aromatic N) is 3. The molecule has 1 aromatic heterocycles. The largest absolute Gasteiger partial charge is 0.416 e. The lowest BCUT2D eigenvalue weighted by atomic mass is 10.1. The Hall–Kier alpha value is -2.41. The van der Waals surface area contributed by atoms with Gasteiger partial charge in [0.25, 0.3) is 5.91 Å². The van der Waals surface area contributed by atoms with Crippen molar-refractivity contribution in [2.45, 2.75) is 12.7 Å². The van der Waals surface area contributed by atoms with Gasteiger partial charge in [0.05, 0.1) is 5.56 Å². The van der Waals surface area contributed by atoms with E-state index in [9.17, 15) is 18.0 Å². The predicted octanol–water partition coefficient (Wildman–Crippen LogP) is 3.06. The summed E-state index contributed by atoms with van der Waals surface area (Å²) in [7, 11) is 0. The first kappa shape index (κ1) is 17.4. The molecule has 0 N–H and O–H groups in total. The van der Waals surface area contributed by atoms with Crippen molar-refractivity contribution in [1.29, 1.82) is 0 Å². The summed E-state index contributed by atoms with van der Waals surface area (Å²) in [6.45, 7) is 2.31. The molecule has 0 bridgehead atoms. The number of hydrogen-bond acceptors (Lipinski definition) is 3. The van der Waals surface area contributed by atoms with Crippen molar-refractivity contribution < 1.29 is 18.0 Å². The SMILES string of the molecule is O=C(c1ccncc1)N1CCN(Cc2ccccc2C(F)(F)F)CC1. The predicted molar refractivity (Wildman–Crippen MR) is 86.9 cm³/mol. The molecule has 1 aliphatic rings. The normalized spacial score (nSPS) is 16.0. The second-order valence-electron chi connectivity index (χ2n) is 5.96. The standard InChI is InChI=1S/C18H18F3N3O/c19-18(20,21)16-4-2-1-3-15(16)13-23-9-11-24(12-10-23)17(25)14-5-7-22-8-6-14/h1-8H,9-13H2. The lowest BCUT2D eigenvalue weighted by molar-refractivity contribution is -0.138. The summed E-state index contributed by atoms with van der Waals surface area (Å²) in [5.41, 5.74) is 0.250. The van der Waals surface area contributed by atoms with E-state index < -0.39 is 11.7 Å². The summed E-state index contributed by atoms with van der Waals surface area (Å²) in [6, 6.07) is 8.96. The van der Waals surface area contributed by atoms with Gasteiger partial charge in [0.1, 0.15) is 0 Å². The van der Waals surface area contributed by atoms with Gasteiger partial charge in [0.15, 0.2) is 0 Å². The third-order valence-electron chi connectivity index (χ3n) is 4.30. The fourth-order valence-electron chi connectivity index (χ4n) is 2.96. The molecule has 1 fully saturated rings. The van der Waals surface area contributed by atoms with Gasteiger partial charge in [0, 0.05) is 50.7 Å². The lowest BCUT2D eigenvalue weighted by Crippen LogP contribution is -2.48. The van der Waals surface area contributed by atoms with Crippen LogP contribution >= 0.6 is 0 Å². The van der Waals surface area contributed by atoms with Crippen molar-refractivity contribution in [3.8, 4) is 0 Å². The summed E-state index contributed by atoms with van der Waals surface area (Å²) < 4.78 is 39.2. The van der Waals surface area contributed by atoms with Gasteiger partial charge >= 0.3 is 6.18 Å². The average molecular weight is 349 g/mol. The number of amides is 1. The number of halogens is 3. The Morgan fingerprint density at radius 2 is 1.64 bits per heavy atom. The van der Waals surface area contributed by atoms with Gasteiger partial charge in [-0.2, -0.15) is 13.2 Å². The van der Waals surface area contributed by atoms with Gasteiger partial charge in [0.2, 0.25) is 0 Å². The van der Waals surface area contributed by atoms with Crippen molar-refractivity contribution in [1.82, 2.24) is 14.8 Å². The van der Waals surface area contributed by atoms with Crippen molar-refractivity contribution in [3.63, 3.8) is 0 Å². The zero-order valence-electron chi connectivity index (χ0n) is 13.5. The Bertz CT molecular complexity index is 726. The quantitative estimate of drug-likeness (QED) is 0.855. The molecule has 3 rings (SSSR count). The van der Waals surface area contributed by atoms with Crippen LogP contribution in [0.3, 0.4) is 0 Å². The van der Waals surface area contributed by atoms with E-state index >= 15 is 0 Å². The minimum atomic E-state index is -4.35. The van der Waals surface area contributed by atoms with Crippen molar-refractivity contribution in [3.05, 3.63) is 65.5 Å². The first-order chi connectivity index (χ1) is 11.9. The molecule has 0 saturated carbocycles. The number of piperazine rings is 1. The Morgan fingerprint density at radius 1 is 1.00 bits per heavy atom. The molecular formula is C18H18F3N3O. The van der Waals surface area contributed by atoms with Crippen molar-refractivity contribution in [2.24, 2.45) is 0 Å². The van der Waals surface area contributed by atoms with E-state index in [1.807, 2.05) is 4.90 Å². The lowest BCUT2D eigenvalue weighted by Gasteiger charge is -2.35. The minimum Gasteiger partial charge on any atom is -0.336 e. The molecule has 2 aromatic rings. The third kappa shape index (κ3) is 4.17. The number of benzene rings is 1. The smallest absolute Gasteiger partial charge is 0.336 e. The third-order valence-corrected chi connectivity index (χ3v) is 4.30. The Kier molecular flexibility index (Phi) is 5.03. The zero-order chi connectivity index (χ0) is 17.9. The number of rotatable bonds is 3. The molecular weight excluding hydrogens is 331 g/mol. The zero-order valence-corrected chi connectivity index (χ0v) is 13.5. The molecule has 7 heteroatoms. The molecule has 0 atom stereocenters. The summed E-state index contributed by atoms with van der Waals surface area (Å²) in [5.74, 6) is -0.0715. The summed E-state index contributed by atoms with van der Waals surface area (Å²) in [4.78, 5) is 19.9. The van der Waals surface area contributed by atoms with E-state index in [2.05, 4.69) is 4.98 Å². The second-order valence-corrected chi connectivity index (χ2v) is 5.96. The molecule has 0 aliphatic carbocycles. The van der Waals surface area contributed by atoms with Crippen LogP contribution in [0.25, 0.3) is 0 Å². The van der Waals surface area contributed by atoms with Crippen LogP contribution in [0.2, 0.25) is 0 Å². The van der Waals surface area contributed by atoms with Crippen LogP contribution in [0.4, 0.5) is 13.2 Å². The summed E-state index contributed by atoms with van der Waals surface area (Å²) in [6.07, 6.45) is -1.22. The maximum Gasteiger partial charge on any atom is 0.416 e. The fraction of sp³-hybridized carbons (Fsp3) is 0.333. The molecule has 0 radical (unpaired) electrons. The maximum atomic E-state index is 13.1. The van der Waals surface area contributed by atoms with Crippen LogP contribution in [0, 0.1) is 0 Å². The molecule has 25 heavy (non-hydrogen) atoms. The van der Waals surface area contributed by atoms with E-state index in [0.29, 0.717) is 31.7 Å². The molecule has 132 valence electrons. The van der Waals surface area contributed by atoms with Gasteiger partial charge in [-0.15, -0.1) is 0 Å². The Balaban J connectivity index is 1.61. The van der Waals surface area contributed by atoms with Gasteiger partial charge in [-0.1, -0.05) is 18.2 Å². The van der Waals surface area contributed by atoms with Crippen LogP contribution in [0.5, 0.6) is 0 Å². The maximum absolute atomic E-state index is 13.1. The van der Waals surface area contributed by atoms with E-state index in [1.54, 1.807) is 35.5 Å². The topological polar surface area (TPSA) is 36.4 Å². The Labute approximate surface area is 143 Å². The number of carbonyl (C=O) groups excluding carboxylic acids is 1. The van der Waals surface area contributed by atoms with E-state index in [-0.39, 0.29) is 18.0 Å². The van der Waals surface area contributed by atoms with Crippen molar-refractivity contribution in [2.75, 3.05) is 26.2 Å². The highest BCUT2D eigenvalue weighted by Crippen LogP contribution is 2.32. The average Bonchev–Trinajstić information content (AvgIpc) is 2.62. The van der Waals surface area contributed by atoms with Gasteiger partial charge in [-0.3, -0.25) is 14.7 Å². The van der Waals surface area contributed by atoms with E-state index in [4.69, 9.17) is 0 Å². The van der Waals surface area contributed by atoms with Crippen LogP contribution in [0.15, 0.2) is 48.8 Å². The molecule has 2 heterocycles. The number of hydrogen-bond donors (Lipinski definition) is 0. The molecule has 1 amide bonds. The van der Waals surface area contributed by atoms with Gasteiger partial charge in [-0.25, -0.2) is 0 Å². The minimum absolute atomic E-state index is 0.0715. The van der Waals surface area contributed by atoms with E-state index in [1.165, 1.54) is 12.1 Å². The van der Waals surface area contributed by atoms with Gasteiger partial charge < -0.3 is 4.90 Å². The van der Waals surface area contributed by atoms with Gasteiger partial charge in [-0.05, 0) is 23.8 Å². The summed E-state index contributed by atoms with van der Waals surface area (Å²) in [5, 5.41) is 0. The van der Waals surface area contributed by atoms with Crippen LogP contribution in [0.1, 0.15) is 21.5 Å². The Morgan fingerprint density at radius 3 is 2.28 bits per heavy atom. The molecule has 1 saturated heterocycles. The molecule has 0 spiro atoms. The first-order valence-corrected chi connectivity index (χ1v) is 8.02. The highest BCUT2D eigenvalue weighted by atomic mass is 19.4. The summed E-state index contributed by atoms with van der Waals surface area (Å²) >= 11 is 0. The second kappa shape index (κ2) is 7.23. The number of carbonyl (C=O) groups is 1.